The zero-order chi connectivity index (χ0) is 13.8. The number of hydrogen-bond donors (Lipinski definition) is 0. The molecule has 5 nitrogen and oxygen atoms in total. The van der Waals surface area contributed by atoms with Crippen molar-refractivity contribution in [2.75, 3.05) is 7.11 Å². The summed E-state index contributed by atoms with van der Waals surface area (Å²) in [4.78, 5) is 22.8. The van der Waals surface area contributed by atoms with Crippen LogP contribution in [0.15, 0.2) is 35.4 Å². The van der Waals surface area contributed by atoms with Gasteiger partial charge in [0.1, 0.15) is 12.0 Å². The van der Waals surface area contributed by atoms with Gasteiger partial charge in [0.15, 0.2) is 0 Å². The first-order valence-corrected chi connectivity index (χ1v) is 6.07. The van der Waals surface area contributed by atoms with E-state index in [-0.39, 0.29) is 5.69 Å². The van der Waals surface area contributed by atoms with E-state index in [4.69, 9.17) is 4.74 Å². The molecule has 0 saturated carbocycles. The lowest BCUT2D eigenvalue weighted by atomic mass is 10.1. The van der Waals surface area contributed by atoms with Crippen molar-refractivity contribution in [1.29, 1.82) is 0 Å². The number of ether oxygens (including phenoxy) is 1. The van der Waals surface area contributed by atoms with Crippen molar-refractivity contribution in [3.8, 4) is 5.75 Å². The highest BCUT2D eigenvalue weighted by Gasteiger charge is 2.08. The number of methoxy groups -OCH3 is 1. The quantitative estimate of drug-likeness (QED) is 0.766. The van der Waals surface area contributed by atoms with Crippen molar-refractivity contribution in [3.63, 3.8) is 0 Å². The molecule has 0 atom stereocenters. The molecular weight excluding hydrogens is 244 g/mol. The van der Waals surface area contributed by atoms with Gasteiger partial charge in [-0.3, -0.25) is 13.9 Å². The summed E-state index contributed by atoms with van der Waals surface area (Å²) in [6.45, 7) is 2.94. The normalized spacial score (nSPS) is 10.4. The Bertz CT molecular complexity index is 640. The van der Waals surface area contributed by atoms with Crippen LogP contribution in [0.1, 0.15) is 22.8 Å². The zero-order valence-electron chi connectivity index (χ0n) is 11.0. The molecule has 0 aliphatic heterocycles. The van der Waals surface area contributed by atoms with E-state index in [0.29, 0.717) is 24.4 Å². The first-order valence-electron chi connectivity index (χ1n) is 6.07. The molecule has 2 aromatic rings. The molecular formula is C14H16N2O3. The molecule has 0 spiro atoms. The minimum Gasteiger partial charge on any atom is -0.496 e. The van der Waals surface area contributed by atoms with E-state index >= 15 is 0 Å². The first-order chi connectivity index (χ1) is 9.19. The molecule has 100 valence electrons. The van der Waals surface area contributed by atoms with Crippen LogP contribution in [0.4, 0.5) is 0 Å². The minimum absolute atomic E-state index is 0.0685. The van der Waals surface area contributed by atoms with Crippen LogP contribution in [0.5, 0.6) is 5.75 Å². The van der Waals surface area contributed by atoms with Crippen molar-refractivity contribution in [3.05, 3.63) is 52.2 Å². The van der Waals surface area contributed by atoms with Crippen LogP contribution in [-0.4, -0.2) is 22.5 Å². The van der Waals surface area contributed by atoms with Gasteiger partial charge in [0, 0.05) is 30.1 Å². The van der Waals surface area contributed by atoms with Crippen LogP contribution >= 0.6 is 0 Å². The Kier molecular flexibility index (Phi) is 3.85. The summed E-state index contributed by atoms with van der Waals surface area (Å²) in [5.41, 5.74) is 1.31. The molecule has 0 aliphatic rings. The summed E-state index contributed by atoms with van der Waals surface area (Å²) in [5, 5.41) is 0. The Morgan fingerprint density at radius 3 is 2.58 bits per heavy atom. The average Bonchev–Trinajstić information content (AvgIpc) is 2.79. The molecule has 2 rings (SSSR count). The first kappa shape index (κ1) is 13.1. The van der Waals surface area contributed by atoms with Crippen LogP contribution in [0.2, 0.25) is 0 Å². The fourth-order valence-corrected chi connectivity index (χ4v) is 1.99. The lowest BCUT2D eigenvalue weighted by Crippen LogP contribution is -2.24. The number of aldehydes is 1. The highest BCUT2D eigenvalue weighted by atomic mass is 16.5. The van der Waals surface area contributed by atoms with Crippen LogP contribution < -0.4 is 10.4 Å². The number of carbonyl (C=O) groups excluding carboxylic acids is 1. The summed E-state index contributed by atoms with van der Waals surface area (Å²) >= 11 is 0. The fourth-order valence-electron chi connectivity index (χ4n) is 1.99. The van der Waals surface area contributed by atoms with Gasteiger partial charge in [-0.15, -0.1) is 0 Å². The molecule has 0 aliphatic carbocycles. The molecule has 0 radical (unpaired) electrons. The second-order valence-electron chi connectivity index (χ2n) is 4.18. The summed E-state index contributed by atoms with van der Waals surface area (Å²) < 4.78 is 8.47. The third kappa shape index (κ3) is 2.59. The van der Waals surface area contributed by atoms with Gasteiger partial charge in [-0.25, -0.2) is 4.79 Å². The predicted molar refractivity (Wildman–Crippen MR) is 71.8 cm³/mol. The number of rotatable bonds is 5. The molecule has 0 N–H and O–H groups in total. The third-order valence-corrected chi connectivity index (χ3v) is 3.04. The van der Waals surface area contributed by atoms with E-state index in [1.54, 1.807) is 46.8 Å². The molecule has 5 heteroatoms. The van der Waals surface area contributed by atoms with E-state index in [9.17, 15) is 9.59 Å². The number of benzene rings is 1. The lowest BCUT2D eigenvalue weighted by molar-refractivity contribution is 0.112. The second-order valence-corrected chi connectivity index (χ2v) is 4.18. The Morgan fingerprint density at radius 1 is 1.26 bits per heavy atom. The molecule has 1 heterocycles. The molecule has 1 aromatic carbocycles. The molecule has 0 unspecified atom stereocenters. The SMILES string of the molecule is CCn1ccn(Cc2cc(C=O)ccc2OC)c1=O. The number of aryl methyl sites for hydroxylation is 1. The molecule has 19 heavy (non-hydrogen) atoms. The van der Waals surface area contributed by atoms with E-state index in [2.05, 4.69) is 0 Å². The Balaban J connectivity index is 2.38. The van der Waals surface area contributed by atoms with Crippen molar-refractivity contribution in [2.45, 2.75) is 20.0 Å². The highest BCUT2D eigenvalue weighted by molar-refractivity contribution is 5.75. The number of carbonyl (C=O) groups is 1. The Hall–Kier alpha value is -2.30. The van der Waals surface area contributed by atoms with Crippen molar-refractivity contribution in [1.82, 2.24) is 9.13 Å². The van der Waals surface area contributed by atoms with Crippen LogP contribution in [0.25, 0.3) is 0 Å². The van der Waals surface area contributed by atoms with E-state index < -0.39 is 0 Å². The number of aromatic nitrogens is 2. The summed E-state index contributed by atoms with van der Waals surface area (Å²) in [5.74, 6) is 0.668. The number of hydrogen-bond acceptors (Lipinski definition) is 3. The van der Waals surface area contributed by atoms with Gasteiger partial charge in [-0.1, -0.05) is 0 Å². The number of imidazole rings is 1. The van der Waals surface area contributed by atoms with Crippen LogP contribution in [-0.2, 0) is 13.1 Å². The molecule has 0 fully saturated rings. The lowest BCUT2D eigenvalue weighted by Gasteiger charge is -2.09. The van der Waals surface area contributed by atoms with Crippen LogP contribution in [0, 0.1) is 0 Å². The maximum Gasteiger partial charge on any atom is 0.328 e. The van der Waals surface area contributed by atoms with E-state index in [0.717, 1.165) is 11.8 Å². The van der Waals surface area contributed by atoms with Crippen molar-refractivity contribution < 1.29 is 9.53 Å². The topological polar surface area (TPSA) is 53.2 Å². The number of nitrogens with zero attached hydrogens (tertiary/aromatic N) is 2. The van der Waals surface area contributed by atoms with Gasteiger partial charge in [0.05, 0.1) is 13.7 Å². The summed E-state index contributed by atoms with van der Waals surface area (Å²) in [6, 6.07) is 5.16. The van der Waals surface area contributed by atoms with Crippen LogP contribution in [0.3, 0.4) is 0 Å². The van der Waals surface area contributed by atoms with Crippen molar-refractivity contribution in [2.24, 2.45) is 0 Å². The standard InChI is InChI=1S/C14H16N2O3/c1-3-15-6-7-16(14(15)18)9-12-8-11(10-17)4-5-13(12)19-2/h4-8,10H,3,9H2,1-2H3. The molecule has 1 aromatic heterocycles. The maximum atomic E-state index is 12.0. The molecule has 0 saturated heterocycles. The molecule has 0 bridgehead atoms. The van der Waals surface area contributed by atoms with E-state index in [1.165, 1.54) is 0 Å². The van der Waals surface area contributed by atoms with Gasteiger partial charge < -0.3 is 4.74 Å². The zero-order valence-corrected chi connectivity index (χ0v) is 11.0. The summed E-state index contributed by atoms with van der Waals surface area (Å²) in [6.07, 6.45) is 4.26. The van der Waals surface area contributed by atoms with Gasteiger partial charge in [0.2, 0.25) is 0 Å². The Labute approximate surface area is 111 Å². The second kappa shape index (κ2) is 5.56. The minimum atomic E-state index is -0.0685. The van der Waals surface area contributed by atoms with Crippen molar-refractivity contribution >= 4 is 6.29 Å². The smallest absolute Gasteiger partial charge is 0.328 e. The summed E-state index contributed by atoms with van der Waals surface area (Å²) in [7, 11) is 1.57. The van der Waals surface area contributed by atoms with Gasteiger partial charge >= 0.3 is 5.69 Å². The largest absolute Gasteiger partial charge is 0.496 e. The highest BCUT2D eigenvalue weighted by Crippen LogP contribution is 2.19. The van der Waals surface area contributed by atoms with Gasteiger partial charge in [-0.2, -0.15) is 0 Å². The fraction of sp³-hybridized carbons (Fsp3) is 0.286. The predicted octanol–water partition coefficient (Wildman–Crippen LogP) is 1.54. The monoisotopic (exact) mass is 260 g/mol. The Morgan fingerprint density at radius 2 is 2.00 bits per heavy atom. The molecule has 0 amide bonds. The van der Waals surface area contributed by atoms with E-state index in [1.807, 2.05) is 6.92 Å². The van der Waals surface area contributed by atoms with Gasteiger partial charge in [0.25, 0.3) is 0 Å². The average molecular weight is 260 g/mol. The van der Waals surface area contributed by atoms with Gasteiger partial charge in [-0.05, 0) is 25.1 Å². The maximum absolute atomic E-state index is 12.0. The third-order valence-electron chi connectivity index (χ3n) is 3.04.